The van der Waals surface area contributed by atoms with Crippen LogP contribution in [0.1, 0.15) is 16.1 Å². The number of hydrazine groups is 1. The van der Waals surface area contributed by atoms with Crippen molar-refractivity contribution in [2.75, 3.05) is 11.1 Å². The summed E-state index contributed by atoms with van der Waals surface area (Å²) in [7, 11) is 0. The van der Waals surface area contributed by atoms with E-state index in [1.807, 2.05) is 31.2 Å². The van der Waals surface area contributed by atoms with Gasteiger partial charge in [-0.05, 0) is 43.3 Å². The van der Waals surface area contributed by atoms with Crippen molar-refractivity contribution in [2.45, 2.75) is 11.9 Å². The molecule has 0 aliphatic heterocycles. The van der Waals surface area contributed by atoms with Gasteiger partial charge in [0, 0.05) is 11.3 Å². The average molecular weight is 367 g/mol. The van der Waals surface area contributed by atoms with Gasteiger partial charge in [0.1, 0.15) is 5.03 Å². The number of aromatic nitrogens is 2. The molecule has 0 spiro atoms. The molecule has 2 amide bonds. The Kier molecular flexibility index (Phi) is 5.45. The highest BCUT2D eigenvalue weighted by molar-refractivity contribution is 8.00. The molecule has 0 fully saturated rings. The summed E-state index contributed by atoms with van der Waals surface area (Å²) in [6.07, 6.45) is 0. The lowest BCUT2D eigenvalue weighted by molar-refractivity contribution is -0.113. The number of nitrogens with two attached hydrogens (primary N) is 1. The van der Waals surface area contributed by atoms with Crippen LogP contribution in [0.4, 0.5) is 5.69 Å². The first-order valence-electron chi connectivity index (χ1n) is 7.84. The fourth-order valence-corrected chi connectivity index (χ4v) is 3.09. The van der Waals surface area contributed by atoms with Crippen LogP contribution in [-0.4, -0.2) is 27.5 Å². The number of benzene rings is 2. The van der Waals surface area contributed by atoms with Crippen LogP contribution in [0.5, 0.6) is 0 Å². The molecule has 1 aromatic heterocycles. The minimum absolute atomic E-state index is 0.166. The second-order valence-electron chi connectivity index (χ2n) is 5.49. The SMILES string of the molecule is Cc1nc2ccccc2nc1SCC(=O)Nc1ccc(C(=O)NN)cc1. The number of nitrogens with zero attached hydrogens (tertiary/aromatic N) is 2. The topological polar surface area (TPSA) is 110 Å². The second-order valence-corrected chi connectivity index (χ2v) is 6.45. The summed E-state index contributed by atoms with van der Waals surface area (Å²) in [6, 6.07) is 14.1. The number of anilines is 1. The number of carbonyl (C=O) groups excluding carboxylic acids is 2. The van der Waals surface area contributed by atoms with Crippen LogP contribution in [-0.2, 0) is 4.79 Å². The third kappa shape index (κ3) is 4.16. The van der Waals surface area contributed by atoms with Gasteiger partial charge in [0.05, 0.1) is 22.5 Å². The molecule has 0 unspecified atom stereocenters. The fraction of sp³-hybridized carbons (Fsp3) is 0.111. The largest absolute Gasteiger partial charge is 0.325 e. The minimum Gasteiger partial charge on any atom is -0.325 e. The number of carbonyl (C=O) groups is 2. The zero-order chi connectivity index (χ0) is 18.5. The van der Waals surface area contributed by atoms with Crippen LogP contribution in [0.25, 0.3) is 11.0 Å². The molecule has 0 saturated carbocycles. The highest BCUT2D eigenvalue weighted by atomic mass is 32.2. The Hall–Kier alpha value is -2.97. The third-order valence-corrected chi connectivity index (χ3v) is 4.67. The standard InChI is InChI=1S/C18H17N5O2S/c1-11-18(22-15-5-3-2-4-14(15)20-11)26-10-16(24)21-13-8-6-12(7-9-13)17(25)23-19/h2-9H,10,19H2,1H3,(H,21,24)(H,23,25). The van der Waals surface area contributed by atoms with E-state index < -0.39 is 0 Å². The van der Waals surface area contributed by atoms with Crippen LogP contribution >= 0.6 is 11.8 Å². The van der Waals surface area contributed by atoms with Crippen molar-refractivity contribution >= 4 is 40.3 Å². The highest BCUT2D eigenvalue weighted by Gasteiger charge is 2.10. The van der Waals surface area contributed by atoms with E-state index in [0.717, 1.165) is 21.8 Å². The van der Waals surface area contributed by atoms with E-state index in [4.69, 9.17) is 5.84 Å². The quantitative estimate of drug-likeness (QED) is 0.276. The van der Waals surface area contributed by atoms with Gasteiger partial charge in [-0.2, -0.15) is 0 Å². The number of aryl methyl sites for hydroxylation is 1. The van der Waals surface area contributed by atoms with Gasteiger partial charge in [0.25, 0.3) is 5.91 Å². The molecule has 0 atom stereocenters. The Bertz CT molecular complexity index is 959. The Morgan fingerprint density at radius 2 is 1.69 bits per heavy atom. The number of thioether (sulfide) groups is 1. The number of para-hydroxylation sites is 2. The molecule has 3 rings (SSSR count). The molecule has 26 heavy (non-hydrogen) atoms. The maximum absolute atomic E-state index is 12.2. The molecule has 0 aliphatic carbocycles. The van der Waals surface area contributed by atoms with Crippen molar-refractivity contribution in [1.82, 2.24) is 15.4 Å². The first-order chi connectivity index (χ1) is 12.6. The molecule has 4 N–H and O–H groups in total. The summed E-state index contributed by atoms with van der Waals surface area (Å²) >= 11 is 1.33. The van der Waals surface area contributed by atoms with E-state index in [2.05, 4.69) is 20.7 Å². The molecule has 0 radical (unpaired) electrons. The molecule has 132 valence electrons. The van der Waals surface area contributed by atoms with E-state index in [1.54, 1.807) is 24.3 Å². The molecule has 1 heterocycles. The number of amides is 2. The van der Waals surface area contributed by atoms with Crippen LogP contribution in [0.15, 0.2) is 53.6 Å². The zero-order valence-corrected chi connectivity index (χ0v) is 14.8. The smallest absolute Gasteiger partial charge is 0.265 e. The van der Waals surface area contributed by atoms with E-state index in [9.17, 15) is 9.59 Å². The van der Waals surface area contributed by atoms with Crippen LogP contribution in [0, 0.1) is 6.92 Å². The fourth-order valence-electron chi connectivity index (χ4n) is 2.33. The average Bonchev–Trinajstić information content (AvgIpc) is 2.66. The van der Waals surface area contributed by atoms with Crippen molar-refractivity contribution in [3.8, 4) is 0 Å². The first kappa shape index (κ1) is 17.8. The van der Waals surface area contributed by atoms with Crippen molar-refractivity contribution in [3.63, 3.8) is 0 Å². The molecule has 3 aromatic rings. The monoisotopic (exact) mass is 367 g/mol. The zero-order valence-electron chi connectivity index (χ0n) is 14.0. The molecule has 8 heteroatoms. The number of hydrogen-bond donors (Lipinski definition) is 3. The maximum atomic E-state index is 12.2. The van der Waals surface area contributed by atoms with Gasteiger partial charge in [-0.1, -0.05) is 23.9 Å². The highest BCUT2D eigenvalue weighted by Crippen LogP contribution is 2.22. The Morgan fingerprint density at radius 1 is 1.04 bits per heavy atom. The van der Waals surface area contributed by atoms with E-state index >= 15 is 0 Å². The number of nitrogen functional groups attached to an aromatic ring is 1. The van der Waals surface area contributed by atoms with Gasteiger partial charge in [-0.15, -0.1) is 0 Å². The summed E-state index contributed by atoms with van der Waals surface area (Å²) in [6.45, 7) is 1.88. The van der Waals surface area contributed by atoms with Gasteiger partial charge < -0.3 is 5.32 Å². The lowest BCUT2D eigenvalue weighted by Crippen LogP contribution is -2.29. The maximum Gasteiger partial charge on any atom is 0.265 e. The van der Waals surface area contributed by atoms with E-state index in [1.165, 1.54) is 11.8 Å². The minimum atomic E-state index is -0.385. The number of fused-ring (bicyclic) bond motifs is 1. The number of rotatable bonds is 5. The van der Waals surface area contributed by atoms with Gasteiger partial charge in [0.15, 0.2) is 0 Å². The number of hydrogen-bond acceptors (Lipinski definition) is 6. The number of nitrogens with one attached hydrogen (secondary N) is 2. The predicted molar refractivity (Wildman–Crippen MR) is 102 cm³/mol. The van der Waals surface area contributed by atoms with Crippen molar-refractivity contribution in [3.05, 3.63) is 59.8 Å². The molecule has 7 nitrogen and oxygen atoms in total. The van der Waals surface area contributed by atoms with Crippen molar-refractivity contribution < 1.29 is 9.59 Å². The first-order valence-corrected chi connectivity index (χ1v) is 8.82. The molecule has 0 bridgehead atoms. The Balaban J connectivity index is 1.62. The summed E-state index contributed by atoms with van der Waals surface area (Å²) in [5, 5.41) is 3.51. The molecule has 2 aromatic carbocycles. The van der Waals surface area contributed by atoms with E-state index in [0.29, 0.717) is 11.3 Å². The lowest BCUT2D eigenvalue weighted by atomic mass is 10.2. The summed E-state index contributed by atoms with van der Waals surface area (Å²) in [5.41, 5.74) is 5.50. The molecule has 0 aliphatic rings. The van der Waals surface area contributed by atoms with Crippen LogP contribution < -0.4 is 16.6 Å². The van der Waals surface area contributed by atoms with Crippen molar-refractivity contribution in [1.29, 1.82) is 0 Å². The normalized spacial score (nSPS) is 10.5. The summed E-state index contributed by atoms with van der Waals surface area (Å²) in [4.78, 5) is 32.6. The van der Waals surface area contributed by atoms with E-state index in [-0.39, 0.29) is 17.6 Å². The summed E-state index contributed by atoms with van der Waals surface area (Å²) < 4.78 is 0. The molecule has 0 saturated heterocycles. The van der Waals surface area contributed by atoms with Crippen LogP contribution in [0.3, 0.4) is 0 Å². The molecular formula is C18H17N5O2S. The van der Waals surface area contributed by atoms with Gasteiger partial charge in [-0.3, -0.25) is 15.0 Å². The molecular weight excluding hydrogens is 350 g/mol. The Labute approximate surface area is 154 Å². The predicted octanol–water partition coefficient (Wildman–Crippen LogP) is 2.27. The summed E-state index contributed by atoms with van der Waals surface area (Å²) in [5.74, 6) is 4.74. The van der Waals surface area contributed by atoms with Gasteiger partial charge in [0.2, 0.25) is 5.91 Å². The third-order valence-electron chi connectivity index (χ3n) is 3.60. The van der Waals surface area contributed by atoms with Crippen LogP contribution in [0.2, 0.25) is 0 Å². The second kappa shape index (κ2) is 7.94. The Morgan fingerprint density at radius 3 is 2.35 bits per heavy atom. The van der Waals surface area contributed by atoms with Gasteiger partial charge >= 0.3 is 0 Å². The lowest BCUT2D eigenvalue weighted by Gasteiger charge is -2.08. The van der Waals surface area contributed by atoms with Crippen molar-refractivity contribution in [2.24, 2.45) is 5.84 Å². The van der Waals surface area contributed by atoms with Gasteiger partial charge in [-0.25, -0.2) is 15.8 Å².